The van der Waals surface area contributed by atoms with E-state index >= 15 is 0 Å². The summed E-state index contributed by atoms with van der Waals surface area (Å²) in [5, 5.41) is 43.6. The largest absolute Gasteiger partial charge is 0.422 e. The number of hydrogen-bond acceptors (Lipinski definition) is 9. The van der Waals surface area contributed by atoms with Crippen LogP contribution in [0.25, 0.3) is 21.4 Å². The Bertz CT molecular complexity index is 1050. The smallest absolute Gasteiger partial charge is 0.345 e. The molecule has 0 unspecified atom stereocenters. The van der Waals surface area contributed by atoms with Gasteiger partial charge in [0.1, 0.15) is 36.2 Å². The van der Waals surface area contributed by atoms with Gasteiger partial charge in [-0.1, -0.05) is 6.07 Å². The maximum Gasteiger partial charge on any atom is 0.345 e. The Morgan fingerprint density at radius 3 is 2.59 bits per heavy atom. The fourth-order valence-electron chi connectivity index (χ4n) is 3.09. The molecule has 0 spiro atoms. The van der Waals surface area contributed by atoms with E-state index in [1.54, 1.807) is 12.1 Å². The molecule has 3 rings (SSSR count). The van der Waals surface area contributed by atoms with E-state index in [-0.39, 0.29) is 0 Å². The molecule has 9 heteroatoms. The lowest BCUT2D eigenvalue weighted by molar-refractivity contribution is -0.117. The van der Waals surface area contributed by atoms with E-state index in [1.807, 2.05) is 24.4 Å². The molecular weight excluding hydrogens is 398 g/mol. The number of hydrogen-bond donors (Lipinski definition) is 5. The molecule has 8 nitrogen and oxygen atoms in total. The normalized spacial score (nSPS) is 15.6. The van der Waals surface area contributed by atoms with Gasteiger partial charge in [0.05, 0.1) is 12.2 Å². The lowest BCUT2D eigenvalue weighted by Crippen LogP contribution is -2.49. The van der Waals surface area contributed by atoms with Crippen molar-refractivity contribution in [1.82, 2.24) is 0 Å². The fraction of sp³-hybridized carbons (Fsp3) is 0.300. The highest BCUT2D eigenvalue weighted by Gasteiger charge is 2.31. The second-order valence-electron chi connectivity index (χ2n) is 6.62. The topological polar surface area (TPSA) is 140 Å². The van der Waals surface area contributed by atoms with E-state index in [2.05, 4.69) is 5.32 Å². The van der Waals surface area contributed by atoms with Gasteiger partial charge in [0.15, 0.2) is 0 Å². The molecule has 0 bridgehead atoms. The summed E-state index contributed by atoms with van der Waals surface area (Å²) in [6.45, 7) is 1.06. The molecule has 4 atom stereocenters. The van der Waals surface area contributed by atoms with Crippen molar-refractivity contribution in [2.45, 2.75) is 31.3 Å². The molecule has 0 saturated heterocycles. The maximum absolute atomic E-state index is 12.5. The summed E-state index contributed by atoms with van der Waals surface area (Å²) in [4.78, 5) is 24.7. The third-order valence-corrected chi connectivity index (χ3v) is 5.60. The van der Waals surface area contributed by atoms with Gasteiger partial charge in [-0.3, -0.25) is 0 Å². The minimum atomic E-state index is -1.73. The van der Waals surface area contributed by atoms with Crippen LogP contribution >= 0.6 is 11.3 Å². The molecule has 3 aromatic rings. The zero-order valence-corrected chi connectivity index (χ0v) is 16.3. The first-order valence-electron chi connectivity index (χ1n) is 8.85. The van der Waals surface area contributed by atoms with Crippen LogP contribution in [0.15, 0.2) is 44.9 Å². The number of aryl methyl sites for hydroxylation is 1. The van der Waals surface area contributed by atoms with Crippen LogP contribution in [0.1, 0.15) is 5.56 Å². The Balaban J connectivity index is 1.93. The number of aliphatic hydroxyl groups excluding tert-OH is 4. The molecule has 0 fully saturated rings. The molecule has 0 saturated carbocycles. The summed E-state index contributed by atoms with van der Waals surface area (Å²) >= 11 is 1.44. The Kier molecular flexibility index (Phi) is 6.46. The van der Waals surface area contributed by atoms with Crippen molar-refractivity contribution in [3.8, 4) is 10.4 Å². The number of carbonyl (C=O) groups excluding carboxylic acids is 1. The van der Waals surface area contributed by atoms with Crippen LogP contribution in [-0.4, -0.2) is 57.7 Å². The highest BCUT2D eigenvalue weighted by atomic mass is 32.1. The summed E-state index contributed by atoms with van der Waals surface area (Å²) in [6.07, 6.45) is -4.61. The molecule has 29 heavy (non-hydrogen) atoms. The predicted octanol–water partition coefficient (Wildman–Crippen LogP) is 0.884. The van der Waals surface area contributed by atoms with E-state index in [0.29, 0.717) is 23.1 Å². The second kappa shape index (κ2) is 8.85. The van der Waals surface area contributed by atoms with E-state index in [4.69, 9.17) is 9.52 Å². The monoisotopic (exact) mass is 419 g/mol. The summed E-state index contributed by atoms with van der Waals surface area (Å²) in [5.41, 5.74) is 1.44. The first kappa shape index (κ1) is 21.2. The van der Waals surface area contributed by atoms with Crippen LogP contribution in [0.3, 0.4) is 0 Å². The summed E-state index contributed by atoms with van der Waals surface area (Å²) in [7, 11) is 0. The Morgan fingerprint density at radius 2 is 1.97 bits per heavy atom. The van der Waals surface area contributed by atoms with Crippen molar-refractivity contribution in [3.63, 3.8) is 0 Å². The van der Waals surface area contributed by atoms with Crippen molar-refractivity contribution >= 4 is 34.3 Å². The first-order chi connectivity index (χ1) is 13.9. The van der Waals surface area contributed by atoms with Crippen molar-refractivity contribution in [3.05, 3.63) is 51.7 Å². The van der Waals surface area contributed by atoms with E-state index in [0.717, 1.165) is 15.8 Å². The first-order valence-corrected chi connectivity index (χ1v) is 9.73. The number of anilines is 1. The van der Waals surface area contributed by atoms with E-state index < -0.39 is 36.6 Å². The van der Waals surface area contributed by atoms with Crippen molar-refractivity contribution in [1.29, 1.82) is 0 Å². The SMILES string of the molecule is Cc1c(-c2cccs2)c(=O)oc2cc(N[C@@H](C=O)[C@@H](O)[C@H](O)[C@H](O)CO)ccc12. The van der Waals surface area contributed by atoms with E-state index in [1.165, 1.54) is 17.4 Å². The van der Waals surface area contributed by atoms with Gasteiger partial charge in [-0.25, -0.2) is 4.79 Å². The molecule has 2 aromatic heterocycles. The van der Waals surface area contributed by atoms with Crippen molar-refractivity contribution in [2.75, 3.05) is 11.9 Å². The Morgan fingerprint density at radius 1 is 1.21 bits per heavy atom. The number of thiophene rings is 1. The highest BCUT2D eigenvalue weighted by molar-refractivity contribution is 7.13. The molecular formula is C20H21NO7S. The number of aldehydes is 1. The van der Waals surface area contributed by atoms with Gasteiger partial charge in [-0.05, 0) is 36.1 Å². The Hall–Kier alpha value is -2.56. The molecule has 0 amide bonds. The summed E-state index contributed by atoms with van der Waals surface area (Å²) < 4.78 is 5.45. The van der Waals surface area contributed by atoms with Gasteiger partial charge in [-0.15, -0.1) is 11.3 Å². The molecule has 5 N–H and O–H groups in total. The van der Waals surface area contributed by atoms with Crippen LogP contribution in [0.4, 0.5) is 5.69 Å². The summed E-state index contributed by atoms with van der Waals surface area (Å²) in [6, 6.07) is 7.31. The second-order valence-corrected chi connectivity index (χ2v) is 7.56. The van der Waals surface area contributed by atoms with Crippen LogP contribution in [0.2, 0.25) is 0 Å². The van der Waals surface area contributed by atoms with Crippen LogP contribution in [0.5, 0.6) is 0 Å². The van der Waals surface area contributed by atoms with Gasteiger partial charge < -0.3 is 35.0 Å². The number of benzene rings is 1. The number of aliphatic hydroxyl groups is 4. The van der Waals surface area contributed by atoms with Crippen LogP contribution < -0.4 is 10.9 Å². The van der Waals surface area contributed by atoms with Gasteiger partial charge in [-0.2, -0.15) is 0 Å². The fourth-order valence-corrected chi connectivity index (χ4v) is 3.91. The maximum atomic E-state index is 12.5. The van der Waals surface area contributed by atoms with Crippen molar-refractivity contribution in [2.24, 2.45) is 0 Å². The van der Waals surface area contributed by atoms with Crippen LogP contribution in [0, 0.1) is 6.92 Å². The number of nitrogens with one attached hydrogen (secondary N) is 1. The summed E-state index contributed by atoms with van der Waals surface area (Å²) in [5.74, 6) is 0. The van der Waals surface area contributed by atoms with Gasteiger partial charge in [0.2, 0.25) is 0 Å². The minimum Gasteiger partial charge on any atom is -0.422 e. The lowest BCUT2D eigenvalue weighted by atomic mass is 10.0. The molecule has 0 aliphatic rings. The average molecular weight is 419 g/mol. The van der Waals surface area contributed by atoms with Gasteiger partial charge in [0.25, 0.3) is 0 Å². The lowest BCUT2D eigenvalue weighted by Gasteiger charge is -2.26. The van der Waals surface area contributed by atoms with Crippen LogP contribution in [-0.2, 0) is 4.79 Å². The predicted molar refractivity (Wildman–Crippen MR) is 109 cm³/mol. The standard InChI is InChI=1S/C20H21NO7S/c1-10-12-5-4-11(21-13(8-22)18(25)19(26)14(24)9-23)7-15(12)28-20(27)17(10)16-3-2-6-29-16/h2-8,13-14,18-19,21,23-26H,9H2,1H3/t13-,14+,18+,19+/m0/s1. The number of rotatable bonds is 8. The molecule has 2 heterocycles. The molecule has 0 aliphatic carbocycles. The number of carbonyl (C=O) groups is 1. The molecule has 154 valence electrons. The zero-order chi connectivity index (χ0) is 21.1. The third-order valence-electron chi connectivity index (χ3n) is 4.71. The molecule has 1 aromatic carbocycles. The number of fused-ring (bicyclic) bond motifs is 1. The van der Waals surface area contributed by atoms with E-state index in [9.17, 15) is 24.9 Å². The minimum absolute atomic E-state index is 0.299. The third kappa shape index (κ3) is 4.24. The highest BCUT2D eigenvalue weighted by Crippen LogP contribution is 2.30. The zero-order valence-electron chi connectivity index (χ0n) is 15.5. The molecule has 0 radical (unpaired) electrons. The van der Waals surface area contributed by atoms with Gasteiger partial charge >= 0.3 is 5.63 Å². The quantitative estimate of drug-likeness (QED) is 0.268. The average Bonchev–Trinajstić information content (AvgIpc) is 3.24. The van der Waals surface area contributed by atoms with Crippen molar-refractivity contribution < 1.29 is 29.6 Å². The molecule has 0 aliphatic heterocycles. The van der Waals surface area contributed by atoms with Gasteiger partial charge in [0, 0.05) is 22.0 Å². The Labute approximate surface area is 169 Å².